The summed E-state index contributed by atoms with van der Waals surface area (Å²) < 4.78 is 25.6. The van der Waals surface area contributed by atoms with Crippen LogP contribution in [0.1, 0.15) is 32.6 Å². The van der Waals surface area contributed by atoms with E-state index >= 15 is 0 Å². The Morgan fingerprint density at radius 3 is 2.40 bits per heavy atom. The molecule has 7 nitrogen and oxygen atoms in total. The highest BCUT2D eigenvalue weighted by molar-refractivity contribution is 7.89. The summed E-state index contributed by atoms with van der Waals surface area (Å²) in [5, 5.41) is 2.49. The average molecular weight is 303 g/mol. The van der Waals surface area contributed by atoms with E-state index in [2.05, 4.69) is 5.32 Å². The van der Waals surface area contributed by atoms with Crippen LogP contribution in [0.3, 0.4) is 0 Å². The molecule has 0 saturated carbocycles. The number of carbonyl (C=O) groups excluding carboxylic acids is 2. The molecule has 8 heteroatoms. The molecule has 0 unspecified atom stereocenters. The molecule has 0 aromatic carbocycles. The summed E-state index contributed by atoms with van der Waals surface area (Å²) in [5.41, 5.74) is 0. The maximum absolute atomic E-state index is 12.1. The normalized spacial score (nSPS) is 22.4. The molecule has 2 rings (SSSR count). The Morgan fingerprint density at radius 1 is 1.25 bits per heavy atom. The van der Waals surface area contributed by atoms with Gasteiger partial charge in [-0.2, -0.15) is 0 Å². The van der Waals surface area contributed by atoms with E-state index in [-0.39, 0.29) is 30.3 Å². The van der Waals surface area contributed by atoms with Gasteiger partial charge in [0.1, 0.15) is 0 Å². The Labute approximate surface area is 119 Å². The third-order valence-electron chi connectivity index (χ3n) is 3.82. The fourth-order valence-corrected chi connectivity index (χ4v) is 4.32. The van der Waals surface area contributed by atoms with Gasteiger partial charge in [-0.15, -0.1) is 0 Å². The number of nitrogens with one attached hydrogen (secondary N) is 1. The summed E-state index contributed by atoms with van der Waals surface area (Å²) in [7, 11) is -3.19. The molecule has 0 atom stereocenters. The zero-order valence-corrected chi connectivity index (χ0v) is 12.5. The fourth-order valence-electron chi connectivity index (χ4n) is 2.64. The van der Waals surface area contributed by atoms with Crippen molar-refractivity contribution in [1.82, 2.24) is 14.5 Å². The number of unbranched alkanes of at least 4 members (excludes halogenated alkanes) is 1. The molecular formula is C12H21N3O4S. The molecule has 2 saturated heterocycles. The topological polar surface area (TPSA) is 86.8 Å². The zero-order valence-electron chi connectivity index (χ0n) is 11.7. The van der Waals surface area contributed by atoms with E-state index in [1.54, 1.807) is 0 Å². The number of nitrogens with zero attached hydrogens (tertiary/aromatic N) is 2. The van der Waals surface area contributed by atoms with E-state index in [1.807, 2.05) is 6.92 Å². The molecule has 2 aliphatic heterocycles. The first-order valence-corrected chi connectivity index (χ1v) is 8.64. The first-order valence-electron chi connectivity index (χ1n) is 7.03. The van der Waals surface area contributed by atoms with Gasteiger partial charge in [-0.3, -0.25) is 9.69 Å². The Bertz CT molecular complexity index is 467. The number of carbonyl (C=O) groups is 2. The molecule has 0 radical (unpaired) electrons. The first kappa shape index (κ1) is 15.2. The van der Waals surface area contributed by atoms with Crippen molar-refractivity contribution in [3.63, 3.8) is 0 Å². The van der Waals surface area contributed by atoms with E-state index in [0.29, 0.717) is 32.4 Å². The fraction of sp³-hybridized carbons (Fsp3) is 0.833. The van der Waals surface area contributed by atoms with Gasteiger partial charge in [0.2, 0.25) is 15.9 Å². The highest BCUT2D eigenvalue weighted by atomic mass is 32.2. The van der Waals surface area contributed by atoms with Gasteiger partial charge in [-0.25, -0.2) is 17.5 Å². The monoisotopic (exact) mass is 303 g/mol. The minimum Gasteiger partial charge on any atom is -0.329 e. The predicted octanol–water partition coefficient (Wildman–Crippen LogP) is 0.133. The van der Waals surface area contributed by atoms with Crippen LogP contribution in [-0.4, -0.2) is 61.0 Å². The molecule has 2 heterocycles. The van der Waals surface area contributed by atoms with Crippen molar-refractivity contribution in [3.05, 3.63) is 0 Å². The van der Waals surface area contributed by atoms with Crippen molar-refractivity contribution in [2.45, 2.75) is 38.6 Å². The van der Waals surface area contributed by atoms with Crippen LogP contribution in [0, 0.1) is 0 Å². The first-order chi connectivity index (χ1) is 9.45. The Morgan fingerprint density at radius 2 is 1.90 bits per heavy atom. The van der Waals surface area contributed by atoms with Crippen molar-refractivity contribution in [3.8, 4) is 0 Å². The van der Waals surface area contributed by atoms with Crippen LogP contribution < -0.4 is 5.32 Å². The summed E-state index contributed by atoms with van der Waals surface area (Å²) in [5.74, 6) is -0.0422. The third kappa shape index (κ3) is 3.12. The summed E-state index contributed by atoms with van der Waals surface area (Å²) in [6, 6.07) is -0.537. The number of sulfonamides is 1. The highest BCUT2D eigenvalue weighted by Crippen LogP contribution is 2.21. The van der Waals surface area contributed by atoms with Crippen LogP contribution in [0.2, 0.25) is 0 Å². The third-order valence-corrected chi connectivity index (χ3v) is 5.77. The number of amides is 3. The van der Waals surface area contributed by atoms with Gasteiger partial charge in [-0.1, -0.05) is 13.3 Å². The summed E-state index contributed by atoms with van der Waals surface area (Å²) >= 11 is 0. The van der Waals surface area contributed by atoms with Crippen LogP contribution in [0.15, 0.2) is 0 Å². The van der Waals surface area contributed by atoms with Gasteiger partial charge in [0.15, 0.2) is 0 Å². The standard InChI is InChI=1S/C12H21N3O4S/c1-2-3-8-20(18,19)14-6-4-10(5-7-14)15-11(16)9-13-12(15)17/h10H,2-9H2,1H3,(H,13,17). The van der Waals surface area contributed by atoms with E-state index in [0.717, 1.165) is 6.42 Å². The van der Waals surface area contributed by atoms with E-state index in [9.17, 15) is 18.0 Å². The number of hydrogen-bond acceptors (Lipinski definition) is 4. The van der Waals surface area contributed by atoms with Crippen molar-refractivity contribution in [2.75, 3.05) is 25.4 Å². The van der Waals surface area contributed by atoms with Crippen molar-refractivity contribution in [1.29, 1.82) is 0 Å². The smallest absolute Gasteiger partial charge is 0.324 e. The second-order valence-corrected chi connectivity index (χ2v) is 7.31. The molecule has 20 heavy (non-hydrogen) atoms. The summed E-state index contributed by atoms with van der Waals surface area (Å²) in [6.45, 7) is 2.77. The van der Waals surface area contributed by atoms with Gasteiger partial charge in [-0.05, 0) is 19.3 Å². The van der Waals surface area contributed by atoms with Crippen molar-refractivity contribution >= 4 is 22.0 Å². The molecular weight excluding hydrogens is 282 g/mol. The number of rotatable bonds is 5. The van der Waals surface area contributed by atoms with Crippen molar-refractivity contribution < 1.29 is 18.0 Å². The second kappa shape index (κ2) is 6.09. The van der Waals surface area contributed by atoms with Gasteiger partial charge < -0.3 is 5.32 Å². The molecule has 114 valence electrons. The minimum atomic E-state index is -3.19. The lowest BCUT2D eigenvalue weighted by molar-refractivity contribution is -0.127. The van der Waals surface area contributed by atoms with Crippen LogP contribution in [0.25, 0.3) is 0 Å². The summed E-state index contributed by atoms with van der Waals surface area (Å²) in [4.78, 5) is 24.4. The van der Waals surface area contributed by atoms with E-state index in [4.69, 9.17) is 0 Å². The molecule has 2 fully saturated rings. The molecule has 0 aromatic heterocycles. The lowest BCUT2D eigenvalue weighted by Crippen LogP contribution is -2.49. The lowest BCUT2D eigenvalue weighted by Gasteiger charge is -2.34. The number of imide groups is 1. The van der Waals surface area contributed by atoms with Crippen LogP contribution in [0.5, 0.6) is 0 Å². The SMILES string of the molecule is CCCCS(=O)(=O)N1CCC(N2C(=O)CNC2=O)CC1. The Balaban J connectivity index is 1.92. The van der Waals surface area contributed by atoms with Gasteiger partial charge >= 0.3 is 6.03 Å². The molecule has 0 bridgehead atoms. The lowest BCUT2D eigenvalue weighted by atomic mass is 10.1. The number of piperidine rings is 1. The van der Waals surface area contributed by atoms with Crippen LogP contribution in [0.4, 0.5) is 4.79 Å². The number of hydrogen-bond donors (Lipinski definition) is 1. The number of urea groups is 1. The van der Waals surface area contributed by atoms with Crippen molar-refractivity contribution in [2.24, 2.45) is 0 Å². The largest absolute Gasteiger partial charge is 0.329 e. The van der Waals surface area contributed by atoms with Gasteiger partial charge in [0.05, 0.1) is 12.3 Å². The molecule has 0 spiro atoms. The molecule has 0 aliphatic carbocycles. The Hall–Kier alpha value is -1.15. The summed E-state index contributed by atoms with van der Waals surface area (Å²) in [6.07, 6.45) is 2.54. The molecule has 0 aromatic rings. The average Bonchev–Trinajstić information content (AvgIpc) is 2.76. The molecule has 1 N–H and O–H groups in total. The van der Waals surface area contributed by atoms with Crippen LogP contribution >= 0.6 is 0 Å². The molecule has 3 amide bonds. The predicted molar refractivity (Wildman–Crippen MR) is 73.5 cm³/mol. The van der Waals surface area contributed by atoms with Gasteiger partial charge in [0, 0.05) is 19.1 Å². The quantitative estimate of drug-likeness (QED) is 0.732. The second-order valence-electron chi connectivity index (χ2n) is 5.22. The minimum absolute atomic E-state index is 0.0495. The maximum Gasteiger partial charge on any atom is 0.324 e. The highest BCUT2D eigenvalue weighted by Gasteiger charge is 2.38. The molecule has 2 aliphatic rings. The van der Waals surface area contributed by atoms with E-state index < -0.39 is 10.0 Å². The van der Waals surface area contributed by atoms with Crippen LogP contribution in [-0.2, 0) is 14.8 Å². The maximum atomic E-state index is 12.1. The zero-order chi connectivity index (χ0) is 14.8. The van der Waals surface area contributed by atoms with Gasteiger partial charge in [0.25, 0.3) is 0 Å². The Kier molecular flexibility index (Phi) is 4.64. The van der Waals surface area contributed by atoms with E-state index in [1.165, 1.54) is 9.21 Å².